The van der Waals surface area contributed by atoms with E-state index in [0.29, 0.717) is 27.8 Å². The Labute approximate surface area is 451 Å². The molecule has 4 amide bonds. The number of anilines is 1. The molecule has 1 aliphatic carbocycles. The fourth-order valence-electron chi connectivity index (χ4n) is 11.9. The van der Waals surface area contributed by atoms with Crippen LogP contribution in [0.25, 0.3) is 10.4 Å². The van der Waals surface area contributed by atoms with E-state index in [1.807, 2.05) is 76.5 Å². The van der Waals surface area contributed by atoms with Gasteiger partial charge in [0.25, 0.3) is 5.91 Å². The number of aliphatic hydroxyl groups excluding tert-OH is 1. The molecule has 4 aliphatic rings. The van der Waals surface area contributed by atoms with E-state index in [9.17, 15) is 29.5 Å². The van der Waals surface area contributed by atoms with Crippen LogP contribution in [0.5, 0.6) is 5.75 Å². The molecule has 2 aromatic carbocycles. The number of β-amino-alcohol motifs (C(OH)–C–C–N with tert-alkyl or cyclic N) is 1. The number of aliphatic hydroxyl groups is 1. The highest BCUT2D eigenvalue weighted by Gasteiger charge is 2.64. The normalized spacial score (nSPS) is 22.9. The maximum absolute atomic E-state index is 14.3. The number of piperidine rings is 1. The summed E-state index contributed by atoms with van der Waals surface area (Å²) >= 11 is 7.86. The predicted octanol–water partition coefficient (Wildman–Crippen LogP) is 7.24. The summed E-state index contributed by atoms with van der Waals surface area (Å²) in [6.45, 7) is 24.1. The van der Waals surface area contributed by atoms with Crippen LogP contribution >= 0.6 is 22.9 Å². The molecule has 75 heavy (non-hydrogen) atoms. The van der Waals surface area contributed by atoms with E-state index < -0.39 is 23.6 Å². The number of nitrogens with zero attached hydrogens (tertiary/aromatic N) is 7. The Balaban J connectivity index is 0.743. The van der Waals surface area contributed by atoms with E-state index in [4.69, 9.17) is 21.3 Å². The summed E-state index contributed by atoms with van der Waals surface area (Å²) in [5.41, 5.74) is 4.28. The average molecular weight is 1060 g/mol. The monoisotopic (exact) mass is 1060 g/mol. The molecule has 4 N–H and O–H groups in total. The average Bonchev–Trinajstić information content (AvgIpc) is 4.00. The molecule has 402 valence electrons. The second-order valence-electron chi connectivity index (χ2n) is 23.4. The number of nitriles is 1. The number of carbonyl (C=O) groups excluding carboxylic acids is 4. The minimum Gasteiger partial charge on any atom is -0.489 e. The van der Waals surface area contributed by atoms with Crippen LogP contribution in [0.1, 0.15) is 114 Å². The molecule has 18 heteroatoms. The third kappa shape index (κ3) is 12.6. The van der Waals surface area contributed by atoms with E-state index >= 15 is 0 Å². The van der Waals surface area contributed by atoms with Crippen molar-refractivity contribution in [2.45, 2.75) is 124 Å². The van der Waals surface area contributed by atoms with Gasteiger partial charge in [-0.05, 0) is 86.4 Å². The van der Waals surface area contributed by atoms with Crippen molar-refractivity contribution in [3.63, 3.8) is 0 Å². The number of aromatic nitrogens is 2. The zero-order valence-electron chi connectivity index (χ0n) is 45.0. The number of piperazine rings is 1. The zero-order chi connectivity index (χ0) is 54.0. The molecule has 0 spiro atoms. The maximum Gasteiger partial charge on any atom is 0.253 e. The number of thiazole rings is 1. The molecule has 3 saturated heterocycles. The van der Waals surface area contributed by atoms with E-state index in [2.05, 4.69) is 69.4 Å². The molecule has 5 heterocycles. The van der Waals surface area contributed by atoms with Crippen molar-refractivity contribution in [1.82, 2.24) is 40.6 Å². The van der Waals surface area contributed by atoms with Crippen LogP contribution in [0, 0.1) is 40.4 Å². The Bertz CT molecular complexity index is 2710. The molecule has 1 saturated carbocycles. The second-order valence-corrected chi connectivity index (χ2v) is 24.7. The molecule has 8 rings (SSSR count). The summed E-state index contributed by atoms with van der Waals surface area (Å²) in [6, 6.07) is 16.7. The van der Waals surface area contributed by atoms with Gasteiger partial charge in [0.15, 0.2) is 0 Å². The number of pyridine rings is 1. The smallest absolute Gasteiger partial charge is 0.253 e. The number of carbonyl (C=O) groups is 4. The van der Waals surface area contributed by atoms with Crippen LogP contribution in [-0.2, 0) is 14.4 Å². The number of hydrogen-bond donors (Lipinski definition) is 4. The van der Waals surface area contributed by atoms with Crippen LogP contribution in [0.3, 0.4) is 0 Å². The number of benzene rings is 2. The Hall–Kier alpha value is -5.64. The molecule has 1 unspecified atom stereocenters. The van der Waals surface area contributed by atoms with Crippen molar-refractivity contribution in [1.29, 1.82) is 5.26 Å². The van der Waals surface area contributed by atoms with Crippen molar-refractivity contribution in [2.24, 2.45) is 22.2 Å². The van der Waals surface area contributed by atoms with Crippen LogP contribution in [0.4, 0.5) is 5.82 Å². The van der Waals surface area contributed by atoms with Crippen LogP contribution in [-0.4, -0.2) is 143 Å². The lowest BCUT2D eigenvalue weighted by Gasteiger charge is -2.63. The van der Waals surface area contributed by atoms with Gasteiger partial charge >= 0.3 is 0 Å². The summed E-state index contributed by atoms with van der Waals surface area (Å²) in [5, 5.41) is 29.7. The second kappa shape index (κ2) is 22.9. The number of rotatable bonds is 16. The predicted molar refractivity (Wildman–Crippen MR) is 292 cm³/mol. The third-order valence-corrected chi connectivity index (χ3v) is 17.4. The summed E-state index contributed by atoms with van der Waals surface area (Å²) in [7, 11) is 0. The topological polar surface area (TPSA) is 196 Å². The SMILES string of the molecule is Cc1ncsc1-c1ccc([C@H](C)NC(=O)[C@@H]2C[C@@H](O)CN2C(=O)C(NC(=O)CN2CCN(CCC3CCN(c4ccc(C(=O)NC5C(C)(C)C(Oc6ccc(C#N)c(Cl)c6)C5(C)C)cn4)CC3)CC2)C(C)(C)C)cc1. The first kappa shape index (κ1) is 55.6. The van der Waals surface area contributed by atoms with Gasteiger partial charge in [0.2, 0.25) is 17.7 Å². The number of amides is 4. The van der Waals surface area contributed by atoms with E-state index in [1.54, 1.807) is 35.7 Å². The first-order valence-corrected chi connectivity index (χ1v) is 27.7. The van der Waals surface area contributed by atoms with Gasteiger partial charge in [-0.3, -0.25) is 24.1 Å². The maximum atomic E-state index is 14.3. The lowest BCUT2D eigenvalue weighted by molar-refractivity contribution is -0.164. The van der Waals surface area contributed by atoms with Gasteiger partial charge in [0, 0.05) is 81.4 Å². The Morgan fingerprint density at radius 3 is 2.21 bits per heavy atom. The van der Waals surface area contributed by atoms with Gasteiger partial charge in [-0.15, -0.1) is 11.3 Å². The van der Waals surface area contributed by atoms with Crippen molar-refractivity contribution < 1.29 is 29.0 Å². The Kier molecular flexibility index (Phi) is 17.0. The molecule has 3 aliphatic heterocycles. The number of ether oxygens (including phenoxy) is 1. The lowest BCUT2D eigenvalue weighted by Crippen LogP contribution is -2.74. The molecule has 4 atom stereocenters. The van der Waals surface area contributed by atoms with Crippen LogP contribution < -0.4 is 25.6 Å². The van der Waals surface area contributed by atoms with Crippen LogP contribution in [0.2, 0.25) is 5.02 Å². The number of aryl methyl sites for hydroxylation is 1. The highest BCUT2D eigenvalue weighted by molar-refractivity contribution is 7.13. The summed E-state index contributed by atoms with van der Waals surface area (Å²) in [4.78, 5) is 73.8. The standard InChI is InChI=1S/C57H75ClN10O6S/c1-35(38-10-12-39(13-11-38)48-36(2)61-34-75-48)62-51(72)45-28-42(69)32-68(45)52(73)49(55(3,4)5)63-47(70)33-66-26-24-65(25-27-66)21-18-37-19-22-67(23-20-37)46-17-15-41(31-60-46)50(71)64-53-56(6,7)54(57(53,8)9)74-43-16-14-40(30-59)44(58)29-43/h10-17,29,31,34-35,37,42,45,49,53-54,69H,18-28,32-33H2,1-9H3,(H,62,72)(H,63,70)(H,64,71)/t35-,42+,45-,49?,53?,54?/m0/s1. The molecule has 0 radical (unpaired) electrons. The van der Waals surface area contributed by atoms with Gasteiger partial charge in [-0.2, -0.15) is 5.26 Å². The van der Waals surface area contributed by atoms with Gasteiger partial charge in [-0.25, -0.2) is 9.97 Å². The first-order valence-electron chi connectivity index (χ1n) is 26.4. The summed E-state index contributed by atoms with van der Waals surface area (Å²) in [6.07, 6.45) is 3.96. The number of nitrogens with one attached hydrogen (secondary N) is 3. The Morgan fingerprint density at radius 2 is 1.61 bits per heavy atom. The third-order valence-electron chi connectivity index (χ3n) is 16.1. The minimum absolute atomic E-state index is 0.0172. The van der Waals surface area contributed by atoms with E-state index in [-0.39, 0.29) is 72.2 Å². The zero-order valence-corrected chi connectivity index (χ0v) is 46.6. The molecule has 4 fully saturated rings. The van der Waals surface area contributed by atoms with E-state index in [1.165, 1.54) is 4.90 Å². The van der Waals surface area contributed by atoms with Gasteiger partial charge in [0.1, 0.15) is 35.8 Å². The first-order chi connectivity index (χ1) is 35.5. The largest absolute Gasteiger partial charge is 0.489 e. The highest BCUT2D eigenvalue weighted by atomic mass is 35.5. The highest BCUT2D eigenvalue weighted by Crippen LogP contribution is 2.55. The van der Waals surface area contributed by atoms with Crippen molar-refractivity contribution in [2.75, 3.05) is 63.8 Å². The van der Waals surface area contributed by atoms with Gasteiger partial charge in [-0.1, -0.05) is 84.3 Å². The number of hydrogen-bond acceptors (Lipinski definition) is 13. The van der Waals surface area contributed by atoms with E-state index in [0.717, 1.165) is 92.6 Å². The summed E-state index contributed by atoms with van der Waals surface area (Å²) in [5.74, 6) is 0.935. The number of halogens is 1. The van der Waals surface area contributed by atoms with Gasteiger partial charge < -0.3 is 40.5 Å². The van der Waals surface area contributed by atoms with Gasteiger partial charge in [0.05, 0.1) is 50.9 Å². The summed E-state index contributed by atoms with van der Waals surface area (Å²) < 4.78 is 6.39. The quantitative estimate of drug-likeness (QED) is 0.0880. The van der Waals surface area contributed by atoms with Crippen molar-refractivity contribution in [3.8, 4) is 22.3 Å². The molecule has 2 aromatic heterocycles. The fraction of sp³-hybridized carbons (Fsp3) is 0.561. The van der Waals surface area contributed by atoms with Crippen molar-refractivity contribution in [3.05, 3.63) is 93.7 Å². The molecule has 0 bridgehead atoms. The lowest BCUT2D eigenvalue weighted by atomic mass is 9.49. The molecular weight excluding hydrogens is 988 g/mol. The molecule has 16 nitrogen and oxygen atoms in total. The van der Waals surface area contributed by atoms with Crippen molar-refractivity contribution >= 4 is 52.4 Å². The fourth-order valence-corrected chi connectivity index (χ4v) is 13.0. The molecule has 4 aromatic rings. The Morgan fingerprint density at radius 1 is 0.933 bits per heavy atom. The van der Waals surface area contributed by atoms with Crippen LogP contribution in [0.15, 0.2) is 66.3 Å². The minimum atomic E-state index is -0.891. The molecular formula is C57H75ClN10O6S. The number of likely N-dealkylation sites (tertiary alicyclic amines) is 1.